The zero-order valence-electron chi connectivity index (χ0n) is 8.14. The number of hydrogen-bond donors (Lipinski definition) is 2. The molecule has 0 aliphatic carbocycles. The van der Waals surface area contributed by atoms with Crippen LogP contribution >= 0.6 is 0 Å². The lowest BCUT2D eigenvalue weighted by Crippen LogP contribution is -2.34. The van der Waals surface area contributed by atoms with Gasteiger partial charge in [0.15, 0.2) is 0 Å². The molecule has 1 unspecified atom stereocenters. The molecule has 0 radical (unpaired) electrons. The maximum atomic E-state index is 10.7. The minimum absolute atomic E-state index is 0.284. The normalized spacial score (nSPS) is 24.1. The third kappa shape index (κ3) is 1.80. The molecule has 2 rings (SSSR count). The summed E-state index contributed by atoms with van der Waals surface area (Å²) in [6.45, 7) is 0.348. The molecule has 15 heavy (non-hydrogen) atoms. The van der Waals surface area contributed by atoms with Crippen LogP contribution in [-0.2, 0) is 10.4 Å². The summed E-state index contributed by atoms with van der Waals surface area (Å²) in [6, 6.07) is 7.00. The average Bonchev–Trinajstić information content (AvgIpc) is 2.17. The van der Waals surface area contributed by atoms with E-state index in [9.17, 15) is 9.90 Å². The fourth-order valence-corrected chi connectivity index (χ4v) is 1.88. The zero-order chi connectivity index (χ0) is 10.9. The van der Waals surface area contributed by atoms with Gasteiger partial charge in [0.25, 0.3) is 0 Å². The van der Waals surface area contributed by atoms with E-state index in [1.165, 1.54) is 0 Å². The lowest BCUT2D eigenvalue weighted by Gasteiger charge is -2.33. The Kier molecular flexibility index (Phi) is 2.36. The largest absolute Gasteiger partial charge is 0.493 e. The fraction of sp³-hybridized carbons (Fsp3) is 0.364. The molecule has 1 aromatic carbocycles. The van der Waals surface area contributed by atoms with Crippen molar-refractivity contribution in [1.82, 2.24) is 0 Å². The topological polar surface area (TPSA) is 66.8 Å². The van der Waals surface area contributed by atoms with E-state index in [1.807, 2.05) is 0 Å². The van der Waals surface area contributed by atoms with Crippen LogP contribution in [0.25, 0.3) is 0 Å². The third-order valence-corrected chi connectivity index (χ3v) is 2.61. The van der Waals surface area contributed by atoms with Gasteiger partial charge in [-0.1, -0.05) is 18.2 Å². The Morgan fingerprint density at radius 3 is 2.93 bits per heavy atom. The van der Waals surface area contributed by atoms with E-state index in [1.54, 1.807) is 24.3 Å². The first-order chi connectivity index (χ1) is 7.12. The number of rotatable bonds is 2. The smallest absolute Gasteiger partial charge is 0.306 e. The lowest BCUT2D eigenvalue weighted by molar-refractivity contribution is -0.144. The first-order valence-corrected chi connectivity index (χ1v) is 4.78. The van der Waals surface area contributed by atoms with E-state index >= 15 is 0 Å². The number of fused-ring (bicyclic) bond motifs is 1. The van der Waals surface area contributed by atoms with E-state index in [-0.39, 0.29) is 6.42 Å². The van der Waals surface area contributed by atoms with E-state index in [0.29, 0.717) is 24.3 Å². The van der Waals surface area contributed by atoms with Gasteiger partial charge in [-0.2, -0.15) is 0 Å². The summed E-state index contributed by atoms with van der Waals surface area (Å²) in [7, 11) is 0. The number of aliphatic carboxylic acids is 1. The van der Waals surface area contributed by atoms with Crippen LogP contribution in [0.3, 0.4) is 0 Å². The van der Waals surface area contributed by atoms with Crippen LogP contribution in [0.5, 0.6) is 5.75 Å². The molecule has 0 bridgehead atoms. The second-order valence-electron chi connectivity index (χ2n) is 3.70. The Bertz CT molecular complexity index is 388. The van der Waals surface area contributed by atoms with Crippen molar-refractivity contribution in [2.24, 2.45) is 0 Å². The number of carboxylic acids is 1. The minimum Gasteiger partial charge on any atom is -0.493 e. The zero-order valence-corrected chi connectivity index (χ0v) is 8.14. The maximum absolute atomic E-state index is 10.7. The highest BCUT2D eigenvalue weighted by atomic mass is 16.5. The summed E-state index contributed by atoms with van der Waals surface area (Å²) in [5.74, 6) is -0.429. The molecule has 1 atom stereocenters. The van der Waals surface area contributed by atoms with E-state index < -0.39 is 11.6 Å². The number of hydrogen-bond acceptors (Lipinski definition) is 3. The molecule has 1 aromatic rings. The van der Waals surface area contributed by atoms with Crippen molar-refractivity contribution in [2.45, 2.75) is 18.4 Å². The van der Waals surface area contributed by atoms with Crippen molar-refractivity contribution >= 4 is 5.97 Å². The van der Waals surface area contributed by atoms with Crippen LogP contribution in [0.2, 0.25) is 0 Å². The highest BCUT2D eigenvalue weighted by Crippen LogP contribution is 2.38. The molecule has 0 saturated heterocycles. The van der Waals surface area contributed by atoms with Gasteiger partial charge in [-0.3, -0.25) is 4.79 Å². The Balaban J connectivity index is 2.40. The van der Waals surface area contributed by atoms with Gasteiger partial charge < -0.3 is 14.9 Å². The molecule has 4 heteroatoms. The number of aliphatic hydroxyl groups is 1. The van der Waals surface area contributed by atoms with Gasteiger partial charge in [0.05, 0.1) is 13.0 Å². The van der Waals surface area contributed by atoms with Crippen LogP contribution in [0.1, 0.15) is 18.4 Å². The summed E-state index contributed by atoms with van der Waals surface area (Å²) >= 11 is 0. The molecule has 0 saturated carbocycles. The minimum atomic E-state index is -1.29. The molecule has 0 fully saturated rings. The summed E-state index contributed by atoms with van der Waals surface area (Å²) < 4.78 is 5.35. The van der Waals surface area contributed by atoms with Crippen LogP contribution < -0.4 is 4.74 Å². The molecule has 0 amide bonds. The Hall–Kier alpha value is -1.55. The average molecular weight is 208 g/mol. The predicted octanol–water partition coefficient (Wildman–Crippen LogP) is 1.13. The summed E-state index contributed by atoms with van der Waals surface area (Å²) in [4.78, 5) is 10.7. The SMILES string of the molecule is O=C(O)CC1(O)CCOc2ccccc21. The molecule has 0 spiro atoms. The van der Waals surface area contributed by atoms with E-state index in [0.717, 1.165) is 0 Å². The van der Waals surface area contributed by atoms with Gasteiger partial charge in [-0.25, -0.2) is 0 Å². The van der Waals surface area contributed by atoms with E-state index in [4.69, 9.17) is 9.84 Å². The lowest BCUT2D eigenvalue weighted by atomic mass is 9.85. The van der Waals surface area contributed by atoms with Crippen molar-refractivity contribution in [1.29, 1.82) is 0 Å². The number of ether oxygens (including phenoxy) is 1. The molecule has 80 valence electrons. The predicted molar refractivity (Wildman–Crippen MR) is 52.7 cm³/mol. The van der Waals surface area contributed by atoms with Gasteiger partial charge >= 0.3 is 5.97 Å². The van der Waals surface area contributed by atoms with Crippen LogP contribution in [0.4, 0.5) is 0 Å². The standard InChI is InChI=1S/C11H12O4/c12-10(13)7-11(14)5-6-15-9-4-2-1-3-8(9)11/h1-4,14H,5-7H2,(H,12,13). The molecular weight excluding hydrogens is 196 g/mol. The first kappa shape index (κ1) is 9.98. The number of carbonyl (C=O) groups is 1. The highest BCUT2D eigenvalue weighted by Gasteiger charge is 2.37. The first-order valence-electron chi connectivity index (χ1n) is 4.78. The van der Waals surface area contributed by atoms with Crippen LogP contribution in [0.15, 0.2) is 24.3 Å². The Labute approximate surface area is 87.1 Å². The summed E-state index contributed by atoms with van der Waals surface area (Å²) in [6.07, 6.45) is 0.0314. The highest BCUT2D eigenvalue weighted by molar-refractivity contribution is 5.69. The molecule has 1 aliphatic heterocycles. The third-order valence-electron chi connectivity index (χ3n) is 2.61. The molecule has 0 aromatic heterocycles. The quantitative estimate of drug-likeness (QED) is 0.764. The molecule has 4 nitrogen and oxygen atoms in total. The molecular formula is C11H12O4. The van der Waals surface area contributed by atoms with Crippen LogP contribution in [0, 0.1) is 0 Å². The molecule has 1 heterocycles. The van der Waals surface area contributed by atoms with Gasteiger partial charge in [0, 0.05) is 12.0 Å². The van der Waals surface area contributed by atoms with E-state index in [2.05, 4.69) is 0 Å². The van der Waals surface area contributed by atoms with Crippen molar-refractivity contribution in [3.63, 3.8) is 0 Å². The van der Waals surface area contributed by atoms with Crippen molar-refractivity contribution in [3.05, 3.63) is 29.8 Å². The summed E-state index contributed by atoms with van der Waals surface area (Å²) in [5, 5.41) is 19.0. The molecule has 1 aliphatic rings. The number of benzene rings is 1. The Morgan fingerprint density at radius 1 is 1.47 bits per heavy atom. The Morgan fingerprint density at radius 2 is 2.20 bits per heavy atom. The van der Waals surface area contributed by atoms with Crippen molar-refractivity contribution in [3.8, 4) is 5.75 Å². The fourth-order valence-electron chi connectivity index (χ4n) is 1.88. The van der Waals surface area contributed by atoms with Gasteiger partial charge in [-0.05, 0) is 6.07 Å². The number of carboxylic acid groups (broad SMARTS) is 1. The second kappa shape index (κ2) is 3.55. The number of para-hydroxylation sites is 1. The molecule has 2 N–H and O–H groups in total. The maximum Gasteiger partial charge on any atom is 0.306 e. The second-order valence-corrected chi connectivity index (χ2v) is 3.70. The van der Waals surface area contributed by atoms with Gasteiger partial charge in [0.1, 0.15) is 11.4 Å². The van der Waals surface area contributed by atoms with Crippen molar-refractivity contribution < 1.29 is 19.7 Å². The van der Waals surface area contributed by atoms with Crippen LogP contribution in [-0.4, -0.2) is 22.8 Å². The monoisotopic (exact) mass is 208 g/mol. The van der Waals surface area contributed by atoms with Gasteiger partial charge in [0.2, 0.25) is 0 Å². The summed E-state index contributed by atoms with van der Waals surface area (Å²) in [5.41, 5.74) is -0.723. The van der Waals surface area contributed by atoms with Crippen molar-refractivity contribution in [2.75, 3.05) is 6.61 Å². The van der Waals surface area contributed by atoms with Gasteiger partial charge in [-0.15, -0.1) is 0 Å².